The van der Waals surface area contributed by atoms with Crippen molar-refractivity contribution in [2.75, 3.05) is 19.4 Å². The lowest BCUT2D eigenvalue weighted by molar-refractivity contribution is -0.131. The molecule has 116 valence electrons. The van der Waals surface area contributed by atoms with E-state index in [0.717, 1.165) is 24.9 Å². The van der Waals surface area contributed by atoms with Gasteiger partial charge in [0, 0.05) is 19.5 Å². The van der Waals surface area contributed by atoms with Crippen LogP contribution in [0.25, 0.3) is 0 Å². The standard InChI is InChI=1S/C17H26N2O2/c1-3-4-13-6-8-17(20)19(10-9-13)12-14-5-7-16(21-2)15(18)11-14/h5,7,11,13H,3-4,6,8-10,12,18H2,1-2H3. The number of anilines is 1. The number of ether oxygens (including phenoxy) is 1. The molecular formula is C17H26N2O2. The molecule has 1 aromatic carbocycles. The average molecular weight is 290 g/mol. The van der Waals surface area contributed by atoms with Gasteiger partial charge in [-0.25, -0.2) is 0 Å². The third-order valence-corrected chi connectivity index (χ3v) is 4.29. The van der Waals surface area contributed by atoms with Crippen molar-refractivity contribution in [2.24, 2.45) is 5.92 Å². The van der Waals surface area contributed by atoms with E-state index in [1.807, 2.05) is 23.1 Å². The summed E-state index contributed by atoms with van der Waals surface area (Å²) in [6.45, 7) is 3.71. The smallest absolute Gasteiger partial charge is 0.222 e. The number of hydrogen-bond acceptors (Lipinski definition) is 3. The van der Waals surface area contributed by atoms with Crippen LogP contribution in [-0.2, 0) is 11.3 Å². The van der Waals surface area contributed by atoms with Gasteiger partial charge in [0.05, 0.1) is 12.8 Å². The second-order valence-corrected chi connectivity index (χ2v) is 5.87. The maximum atomic E-state index is 12.2. The molecule has 1 aliphatic heterocycles. The van der Waals surface area contributed by atoms with Gasteiger partial charge >= 0.3 is 0 Å². The van der Waals surface area contributed by atoms with Crippen molar-refractivity contribution in [3.05, 3.63) is 23.8 Å². The lowest BCUT2D eigenvalue weighted by atomic mass is 9.96. The van der Waals surface area contributed by atoms with Crippen molar-refractivity contribution in [3.8, 4) is 5.75 Å². The Hall–Kier alpha value is -1.71. The zero-order valence-electron chi connectivity index (χ0n) is 13.1. The summed E-state index contributed by atoms with van der Waals surface area (Å²) < 4.78 is 5.17. The molecule has 1 heterocycles. The largest absolute Gasteiger partial charge is 0.495 e. The number of rotatable bonds is 5. The number of amides is 1. The summed E-state index contributed by atoms with van der Waals surface area (Å²) in [5.41, 5.74) is 7.63. The molecule has 1 amide bonds. The molecule has 0 saturated carbocycles. The maximum absolute atomic E-state index is 12.2. The van der Waals surface area contributed by atoms with Gasteiger partial charge in [-0.3, -0.25) is 4.79 Å². The first kappa shape index (κ1) is 15.7. The van der Waals surface area contributed by atoms with Crippen molar-refractivity contribution in [3.63, 3.8) is 0 Å². The Balaban J connectivity index is 2.01. The number of carbonyl (C=O) groups is 1. The van der Waals surface area contributed by atoms with Crippen molar-refractivity contribution in [2.45, 2.75) is 45.6 Å². The predicted octanol–water partition coefficient (Wildman–Crippen LogP) is 3.21. The van der Waals surface area contributed by atoms with Crippen LogP contribution >= 0.6 is 0 Å². The van der Waals surface area contributed by atoms with Crippen LogP contribution in [-0.4, -0.2) is 24.5 Å². The van der Waals surface area contributed by atoms with Gasteiger partial charge in [-0.2, -0.15) is 0 Å². The average Bonchev–Trinajstić information content (AvgIpc) is 2.64. The SMILES string of the molecule is CCCC1CCC(=O)N(Cc2ccc(OC)c(N)c2)CC1. The van der Waals surface area contributed by atoms with Crippen LogP contribution < -0.4 is 10.5 Å². The van der Waals surface area contributed by atoms with Gasteiger partial charge in [0.15, 0.2) is 0 Å². The quantitative estimate of drug-likeness (QED) is 0.847. The molecule has 0 aliphatic carbocycles. The van der Waals surface area contributed by atoms with E-state index >= 15 is 0 Å². The summed E-state index contributed by atoms with van der Waals surface area (Å²) in [6, 6.07) is 5.75. The van der Waals surface area contributed by atoms with E-state index in [1.165, 1.54) is 12.8 Å². The Bertz CT molecular complexity index is 488. The van der Waals surface area contributed by atoms with Crippen molar-refractivity contribution < 1.29 is 9.53 Å². The normalized spacial score (nSPS) is 19.4. The molecular weight excluding hydrogens is 264 g/mol. The molecule has 0 bridgehead atoms. The van der Waals surface area contributed by atoms with Crippen molar-refractivity contribution in [1.82, 2.24) is 4.90 Å². The number of methoxy groups -OCH3 is 1. The summed E-state index contributed by atoms with van der Waals surface area (Å²) in [5, 5.41) is 0. The number of nitrogens with zero attached hydrogens (tertiary/aromatic N) is 1. The molecule has 1 aliphatic rings. The zero-order chi connectivity index (χ0) is 15.2. The fourth-order valence-electron chi connectivity index (χ4n) is 3.06. The molecule has 1 aromatic rings. The van der Waals surface area contributed by atoms with Crippen LogP contribution in [0.5, 0.6) is 5.75 Å². The maximum Gasteiger partial charge on any atom is 0.222 e. The molecule has 2 rings (SSSR count). The van der Waals surface area contributed by atoms with E-state index in [0.29, 0.717) is 30.3 Å². The van der Waals surface area contributed by atoms with Gasteiger partial charge in [-0.15, -0.1) is 0 Å². The lowest BCUT2D eigenvalue weighted by Crippen LogP contribution is -2.29. The molecule has 0 spiro atoms. The first-order valence-corrected chi connectivity index (χ1v) is 7.84. The Kier molecular flexibility index (Phi) is 5.48. The highest BCUT2D eigenvalue weighted by Crippen LogP contribution is 2.26. The van der Waals surface area contributed by atoms with Gasteiger partial charge < -0.3 is 15.4 Å². The first-order valence-electron chi connectivity index (χ1n) is 7.84. The fourth-order valence-corrected chi connectivity index (χ4v) is 3.06. The topological polar surface area (TPSA) is 55.6 Å². The predicted molar refractivity (Wildman–Crippen MR) is 85.1 cm³/mol. The second kappa shape index (κ2) is 7.34. The Morgan fingerprint density at radius 1 is 1.38 bits per heavy atom. The molecule has 1 fully saturated rings. The number of hydrogen-bond donors (Lipinski definition) is 1. The summed E-state index contributed by atoms with van der Waals surface area (Å²) in [7, 11) is 1.61. The van der Waals surface area contributed by atoms with Gasteiger partial charge in [0.25, 0.3) is 0 Å². The summed E-state index contributed by atoms with van der Waals surface area (Å²) in [5.74, 6) is 1.65. The third kappa shape index (κ3) is 4.13. The number of nitrogen functional groups attached to an aromatic ring is 1. The molecule has 1 atom stereocenters. The van der Waals surface area contributed by atoms with E-state index in [2.05, 4.69) is 6.92 Å². The lowest BCUT2D eigenvalue weighted by Gasteiger charge is -2.21. The molecule has 2 N–H and O–H groups in total. The van der Waals surface area contributed by atoms with Crippen LogP contribution in [0.4, 0.5) is 5.69 Å². The summed E-state index contributed by atoms with van der Waals surface area (Å²) in [6.07, 6.45) is 5.26. The molecule has 0 radical (unpaired) electrons. The van der Waals surface area contributed by atoms with Crippen LogP contribution in [0.15, 0.2) is 18.2 Å². The van der Waals surface area contributed by atoms with Crippen LogP contribution in [0.1, 0.15) is 44.6 Å². The molecule has 0 aromatic heterocycles. The number of carbonyl (C=O) groups excluding carboxylic acids is 1. The van der Waals surface area contributed by atoms with E-state index in [-0.39, 0.29) is 5.91 Å². The van der Waals surface area contributed by atoms with E-state index in [9.17, 15) is 4.79 Å². The molecule has 21 heavy (non-hydrogen) atoms. The van der Waals surface area contributed by atoms with Crippen LogP contribution in [0.2, 0.25) is 0 Å². The Morgan fingerprint density at radius 3 is 2.86 bits per heavy atom. The van der Waals surface area contributed by atoms with Gasteiger partial charge in [-0.1, -0.05) is 25.8 Å². The van der Waals surface area contributed by atoms with E-state index < -0.39 is 0 Å². The highest BCUT2D eigenvalue weighted by Gasteiger charge is 2.22. The summed E-state index contributed by atoms with van der Waals surface area (Å²) >= 11 is 0. The Labute approximate surface area is 127 Å². The Morgan fingerprint density at radius 2 is 2.19 bits per heavy atom. The molecule has 4 heteroatoms. The van der Waals surface area contributed by atoms with E-state index in [4.69, 9.17) is 10.5 Å². The van der Waals surface area contributed by atoms with Crippen molar-refractivity contribution in [1.29, 1.82) is 0 Å². The monoisotopic (exact) mass is 290 g/mol. The van der Waals surface area contributed by atoms with Crippen LogP contribution in [0.3, 0.4) is 0 Å². The fraction of sp³-hybridized carbons (Fsp3) is 0.588. The number of likely N-dealkylation sites (tertiary alicyclic amines) is 1. The summed E-state index contributed by atoms with van der Waals surface area (Å²) in [4.78, 5) is 14.2. The minimum Gasteiger partial charge on any atom is -0.495 e. The zero-order valence-corrected chi connectivity index (χ0v) is 13.1. The van der Waals surface area contributed by atoms with Crippen LogP contribution in [0, 0.1) is 5.92 Å². The number of benzene rings is 1. The molecule has 4 nitrogen and oxygen atoms in total. The first-order chi connectivity index (χ1) is 10.1. The minimum absolute atomic E-state index is 0.267. The van der Waals surface area contributed by atoms with Gasteiger partial charge in [-0.05, 0) is 36.5 Å². The third-order valence-electron chi connectivity index (χ3n) is 4.29. The highest BCUT2D eigenvalue weighted by molar-refractivity contribution is 5.76. The second-order valence-electron chi connectivity index (χ2n) is 5.87. The van der Waals surface area contributed by atoms with E-state index in [1.54, 1.807) is 7.11 Å². The van der Waals surface area contributed by atoms with Gasteiger partial charge in [0.2, 0.25) is 5.91 Å². The molecule has 1 saturated heterocycles. The highest BCUT2D eigenvalue weighted by atomic mass is 16.5. The minimum atomic E-state index is 0.267. The van der Waals surface area contributed by atoms with Crippen molar-refractivity contribution >= 4 is 11.6 Å². The molecule has 1 unspecified atom stereocenters. The number of nitrogens with two attached hydrogens (primary N) is 1. The van der Waals surface area contributed by atoms with Gasteiger partial charge in [0.1, 0.15) is 5.75 Å².